The molecule has 37 heavy (non-hydrogen) atoms. The van der Waals surface area contributed by atoms with E-state index in [0.29, 0.717) is 6.61 Å². The van der Waals surface area contributed by atoms with Crippen molar-refractivity contribution in [1.29, 1.82) is 0 Å². The van der Waals surface area contributed by atoms with Crippen molar-refractivity contribution in [1.82, 2.24) is 19.4 Å². The van der Waals surface area contributed by atoms with Crippen LogP contribution in [-0.2, 0) is 34.5 Å². The van der Waals surface area contributed by atoms with E-state index >= 15 is 0 Å². The lowest BCUT2D eigenvalue weighted by atomic mass is 10.2. The van der Waals surface area contributed by atoms with Crippen LogP contribution in [0.1, 0.15) is 17.1 Å². The average Bonchev–Trinajstić information content (AvgIpc) is 3.10. The first kappa shape index (κ1) is 31.6. The van der Waals surface area contributed by atoms with Crippen LogP contribution in [-0.4, -0.2) is 87.3 Å². The van der Waals surface area contributed by atoms with E-state index in [1.807, 2.05) is 26.4 Å². The lowest BCUT2D eigenvalue weighted by molar-refractivity contribution is -0.193. The van der Waals surface area contributed by atoms with Crippen molar-refractivity contribution >= 4 is 17.8 Å². The molecule has 0 spiro atoms. The Labute approximate surface area is 208 Å². The van der Waals surface area contributed by atoms with Gasteiger partial charge in [0.05, 0.1) is 13.2 Å². The minimum Gasteiger partial charge on any atom is -0.475 e. The van der Waals surface area contributed by atoms with Gasteiger partial charge in [0.15, 0.2) is 0 Å². The number of aromatic nitrogens is 3. The highest BCUT2D eigenvalue weighted by Gasteiger charge is 2.38. The van der Waals surface area contributed by atoms with Crippen LogP contribution in [0.4, 0.5) is 32.2 Å². The summed E-state index contributed by atoms with van der Waals surface area (Å²) in [6.07, 6.45) is -6.31. The fourth-order valence-electron chi connectivity index (χ4n) is 2.96. The number of halogens is 6. The summed E-state index contributed by atoms with van der Waals surface area (Å²) < 4.78 is 70.8. The second kappa shape index (κ2) is 13.8. The Balaban J connectivity index is 0.000000404. The number of alkyl halides is 6. The first-order chi connectivity index (χ1) is 17.1. The summed E-state index contributed by atoms with van der Waals surface area (Å²) in [6, 6.07) is 4.30. The summed E-state index contributed by atoms with van der Waals surface area (Å²) in [7, 11) is 3.79. The lowest BCUT2D eigenvalue weighted by Crippen LogP contribution is -2.34. The molecule has 0 saturated heterocycles. The number of ether oxygens (including phenoxy) is 1. The molecule has 0 aromatic carbocycles. The highest BCUT2D eigenvalue weighted by molar-refractivity contribution is 5.73. The molecule has 208 valence electrons. The van der Waals surface area contributed by atoms with E-state index in [9.17, 15) is 26.3 Å². The first-order valence-electron chi connectivity index (χ1n) is 10.6. The third-order valence-electron chi connectivity index (χ3n) is 4.81. The van der Waals surface area contributed by atoms with Gasteiger partial charge in [-0.25, -0.2) is 19.6 Å². The third kappa shape index (κ3) is 11.0. The van der Waals surface area contributed by atoms with Gasteiger partial charge >= 0.3 is 24.3 Å². The lowest BCUT2D eigenvalue weighted by Gasteiger charge is -2.23. The third-order valence-corrected chi connectivity index (χ3v) is 4.81. The summed E-state index contributed by atoms with van der Waals surface area (Å²) in [5.74, 6) is -3.32. The predicted molar refractivity (Wildman–Crippen MR) is 118 cm³/mol. The van der Waals surface area contributed by atoms with E-state index in [4.69, 9.17) is 29.5 Å². The van der Waals surface area contributed by atoms with Crippen LogP contribution in [0.25, 0.3) is 0 Å². The molecule has 0 aliphatic carbocycles. The van der Waals surface area contributed by atoms with Gasteiger partial charge in [-0.05, 0) is 13.0 Å². The van der Waals surface area contributed by atoms with E-state index in [0.717, 1.165) is 50.1 Å². The summed E-state index contributed by atoms with van der Waals surface area (Å²) >= 11 is 0. The molecule has 0 unspecified atom stereocenters. The zero-order valence-electron chi connectivity index (χ0n) is 20.2. The number of carboxylic acid groups (broad SMARTS) is 2. The van der Waals surface area contributed by atoms with Crippen molar-refractivity contribution in [3.63, 3.8) is 0 Å². The van der Waals surface area contributed by atoms with Gasteiger partial charge in [0.1, 0.15) is 11.6 Å². The van der Waals surface area contributed by atoms with Crippen molar-refractivity contribution < 1.29 is 50.9 Å². The fourth-order valence-corrected chi connectivity index (χ4v) is 2.96. The maximum atomic E-state index is 10.6. The molecule has 2 N–H and O–H groups in total. The Morgan fingerprint density at radius 3 is 2.08 bits per heavy atom. The molecule has 2 aromatic rings. The van der Waals surface area contributed by atoms with Gasteiger partial charge in [0.25, 0.3) is 0 Å². The highest BCUT2D eigenvalue weighted by Crippen LogP contribution is 2.24. The van der Waals surface area contributed by atoms with Gasteiger partial charge in [-0.1, -0.05) is 6.07 Å². The van der Waals surface area contributed by atoms with Gasteiger partial charge in [-0.2, -0.15) is 26.3 Å². The molecule has 10 nitrogen and oxygen atoms in total. The Morgan fingerprint density at radius 2 is 1.62 bits per heavy atom. The van der Waals surface area contributed by atoms with Gasteiger partial charge in [-0.15, -0.1) is 0 Å². The summed E-state index contributed by atoms with van der Waals surface area (Å²) in [6.45, 7) is 7.34. The summed E-state index contributed by atoms with van der Waals surface area (Å²) in [5, 5.41) is 14.2. The van der Waals surface area contributed by atoms with Gasteiger partial charge in [-0.3, -0.25) is 4.90 Å². The Morgan fingerprint density at radius 1 is 1.05 bits per heavy atom. The van der Waals surface area contributed by atoms with Crippen LogP contribution >= 0.6 is 0 Å². The molecule has 0 amide bonds. The van der Waals surface area contributed by atoms with E-state index in [-0.39, 0.29) is 0 Å². The predicted octanol–water partition coefficient (Wildman–Crippen LogP) is 2.86. The first-order valence-corrected chi connectivity index (χ1v) is 10.6. The molecule has 0 bridgehead atoms. The number of imidazole rings is 1. The number of pyridine rings is 1. The molecule has 16 heteroatoms. The molecule has 1 aliphatic rings. The standard InChI is InChI=1S/C17H25N5O.2C2HF3O2/c1-14-4-5-15-12-21(13-16-18-6-7-20(16)2)8-9-22(10-11-23-3)17(15)19-14;2*3-2(4,5)1(6)7/h4-7H,8-13H2,1-3H3;2*(H,6,7). The number of rotatable bonds is 5. The fraction of sp³-hybridized carbons (Fsp3) is 0.524. The second-order valence-electron chi connectivity index (χ2n) is 7.69. The largest absolute Gasteiger partial charge is 0.490 e. The molecule has 3 heterocycles. The Kier molecular flexibility index (Phi) is 11.8. The number of carboxylic acids is 2. The SMILES string of the molecule is COCCN1CCN(Cc2nccn2C)Cc2ccc(C)nc21.O=C(O)C(F)(F)F.O=C(O)C(F)(F)F. The van der Waals surface area contributed by atoms with Gasteiger partial charge in [0.2, 0.25) is 0 Å². The van der Waals surface area contributed by atoms with Crippen molar-refractivity contribution in [2.45, 2.75) is 32.4 Å². The zero-order chi connectivity index (χ0) is 28.4. The van der Waals surface area contributed by atoms with Gasteiger partial charge in [0, 0.05) is 64.0 Å². The van der Waals surface area contributed by atoms with Gasteiger partial charge < -0.3 is 24.4 Å². The van der Waals surface area contributed by atoms with Crippen LogP contribution in [0.5, 0.6) is 0 Å². The minimum absolute atomic E-state index is 0.717. The number of anilines is 1. The molecule has 3 rings (SSSR count). The molecular weight excluding hydrogens is 516 g/mol. The van der Waals surface area contributed by atoms with E-state index in [1.54, 1.807) is 7.11 Å². The number of aryl methyl sites for hydroxylation is 2. The van der Waals surface area contributed by atoms with Crippen LogP contribution < -0.4 is 4.90 Å². The quantitative estimate of drug-likeness (QED) is 0.549. The maximum absolute atomic E-state index is 10.6. The van der Waals surface area contributed by atoms with Crippen LogP contribution in [0.2, 0.25) is 0 Å². The number of fused-ring (bicyclic) bond motifs is 1. The highest BCUT2D eigenvalue weighted by atomic mass is 19.4. The van der Waals surface area contributed by atoms with Crippen molar-refractivity contribution in [3.8, 4) is 0 Å². The molecule has 0 saturated carbocycles. The number of nitrogens with zero attached hydrogens (tertiary/aromatic N) is 5. The molecule has 1 aliphatic heterocycles. The number of carbonyl (C=O) groups is 2. The minimum atomic E-state index is -5.08. The van der Waals surface area contributed by atoms with Crippen molar-refractivity contribution in [2.24, 2.45) is 7.05 Å². The second-order valence-corrected chi connectivity index (χ2v) is 7.69. The molecule has 2 aromatic heterocycles. The van der Waals surface area contributed by atoms with Crippen molar-refractivity contribution in [3.05, 3.63) is 41.6 Å². The van der Waals surface area contributed by atoms with E-state index in [2.05, 4.69) is 31.5 Å². The monoisotopic (exact) mass is 543 g/mol. The van der Waals surface area contributed by atoms with Crippen LogP contribution in [0, 0.1) is 6.92 Å². The molecule has 0 atom stereocenters. The van der Waals surface area contributed by atoms with E-state index < -0.39 is 24.3 Å². The number of aliphatic carboxylic acids is 2. The molecule has 0 fully saturated rings. The Hall–Kier alpha value is -3.40. The number of methoxy groups -OCH3 is 1. The average molecular weight is 543 g/mol. The number of hydrogen-bond donors (Lipinski definition) is 2. The smallest absolute Gasteiger partial charge is 0.475 e. The number of hydrogen-bond acceptors (Lipinski definition) is 7. The van der Waals surface area contributed by atoms with E-state index in [1.165, 1.54) is 5.56 Å². The maximum Gasteiger partial charge on any atom is 0.490 e. The van der Waals surface area contributed by atoms with Crippen LogP contribution in [0.3, 0.4) is 0 Å². The normalized spacial score (nSPS) is 13.9. The summed E-state index contributed by atoms with van der Waals surface area (Å²) in [4.78, 5) is 31.8. The molecular formula is C21H27F6N5O5. The molecule has 0 radical (unpaired) electrons. The Bertz CT molecular complexity index is 1000. The topological polar surface area (TPSA) is 121 Å². The van der Waals surface area contributed by atoms with Crippen LogP contribution in [0.15, 0.2) is 24.5 Å². The zero-order valence-corrected chi connectivity index (χ0v) is 20.2. The summed E-state index contributed by atoms with van der Waals surface area (Å²) in [5.41, 5.74) is 2.34. The van der Waals surface area contributed by atoms with Crippen molar-refractivity contribution in [2.75, 3.05) is 38.3 Å².